The maximum Gasteiger partial charge on any atom is 0.509 e. The zero-order valence-corrected chi connectivity index (χ0v) is 10.3. The highest BCUT2D eigenvalue weighted by Crippen LogP contribution is 2.33. The van der Waals surface area contributed by atoms with Crippen LogP contribution in [-0.2, 0) is 9.47 Å². The summed E-state index contributed by atoms with van der Waals surface area (Å²) in [6, 6.07) is 0. The number of hydrogen-bond acceptors (Lipinski definition) is 3. The molecule has 3 heteroatoms. The minimum Gasteiger partial charge on any atom is -0.432 e. The van der Waals surface area contributed by atoms with Crippen LogP contribution in [0, 0.1) is 5.41 Å². The fourth-order valence-corrected chi connectivity index (χ4v) is 0.578. The lowest BCUT2D eigenvalue weighted by atomic mass is 9.79. The first-order valence-electron chi connectivity index (χ1n) is 4.96. The van der Waals surface area contributed by atoms with Gasteiger partial charge in [-0.05, 0) is 27.7 Å². The average molecular weight is 202 g/mol. The van der Waals surface area contributed by atoms with E-state index in [0.29, 0.717) is 0 Å². The van der Waals surface area contributed by atoms with E-state index in [9.17, 15) is 4.79 Å². The van der Waals surface area contributed by atoms with E-state index >= 15 is 0 Å². The van der Waals surface area contributed by atoms with E-state index in [0.717, 1.165) is 0 Å². The van der Waals surface area contributed by atoms with Gasteiger partial charge in [0.2, 0.25) is 0 Å². The number of ether oxygens (including phenoxy) is 2. The Morgan fingerprint density at radius 2 is 1.50 bits per heavy atom. The van der Waals surface area contributed by atoms with Crippen LogP contribution in [0.1, 0.15) is 48.5 Å². The molecule has 3 nitrogen and oxygen atoms in total. The molecule has 0 rings (SSSR count). The van der Waals surface area contributed by atoms with Crippen molar-refractivity contribution in [1.29, 1.82) is 0 Å². The fourth-order valence-electron chi connectivity index (χ4n) is 0.578. The predicted octanol–water partition coefficient (Wildman–Crippen LogP) is 3.37. The first kappa shape index (κ1) is 13.3. The molecular formula is C11H22O3. The van der Waals surface area contributed by atoms with E-state index in [-0.39, 0.29) is 11.5 Å². The Morgan fingerprint density at radius 1 is 1.07 bits per heavy atom. The second-order valence-corrected chi connectivity index (χ2v) is 5.28. The summed E-state index contributed by atoms with van der Waals surface area (Å²) in [6.45, 7) is 13.4. The normalized spacial score (nSPS) is 12.9. The van der Waals surface area contributed by atoms with Gasteiger partial charge in [0.05, 0.1) is 6.10 Å². The van der Waals surface area contributed by atoms with Gasteiger partial charge in [0.15, 0.2) is 0 Å². The molecule has 0 spiro atoms. The van der Waals surface area contributed by atoms with E-state index in [4.69, 9.17) is 9.47 Å². The molecule has 0 unspecified atom stereocenters. The van der Waals surface area contributed by atoms with E-state index in [1.807, 2.05) is 34.6 Å². The van der Waals surface area contributed by atoms with Crippen molar-refractivity contribution in [3.05, 3.63) is 0 Å². The Morgan fingerprint density at radius 3 is 1.79 bits per heavy atom. The van der Waals surface area contributed by atoms with Crippen LogP contribution in [0.4, 0.5) is 4.79 Å². The van der Waals surface area contributed by atoms with Gasteiger partial charge in [-0.25, -0.2) is 4.79 Å². The van der Waals surface area contributed by atoms with Crippen LogP contribution < -0.4 is 0 Å². The molecule has 0 aromatic rings. The van der Waals surface area contributed by atoms with E-state index < -0.39 is 11.8 Å². The Labute approximate surface area is 86.8 Å². The van der Waals surface area contributed by atoms with Gasteiger partial charge in [0, 0.05) is 5.41 Å². The molecule has 0 aliphatic carbocycles. The van der Waals surface area contributed by atoms with Crippen molar-refractivity contribution in [2.45, 2.75) is 60.2 Å². The number of rotatable bonds is 2. The Kier molecular flexibility index (Phi) is 3.98. The number of hydrogen-bond donors (Lipinski definition) is 0. The first-order chi connectivity index (χ1) is 6.06. The third-order valence-electron chi connectivity index (χ3n) is 2.48. The molecule has 14 heavy (non-hydrogen) atoms. The molecule has 0 saturated heterocycles. The molecule has 0 aliphatic heterocycles. The van der Waals surface area contributed by atoms with Crippen molar-refractivity contribution in [2.75, 3.05) is 0 Å². The van der Waals surface area contributed by atoms with Crippen LogP contribution in [0.25, 0.3) is 0 Å². The molecule has 0 aromatic carbocycles. The quantitative estimate of drug-likeness (QED) is 0.644. The van der Waals surface area contributed by atoms with Gasteiger partial charge in [-0.3, -0.25) is 0 Å². The third-order valence-corrected chi connectivity index (χ3v) is 2.48. The minimum atomic E-state index is -0.597. The van der Waals surface area contributed by atoms with Crippen LogP contribution in [-0.4, -0.2) is 17.9 Å². The topological polar surface area (TPSA) is 35.5 Å². The molecule has 0 aliphatic rings. The molecule has 0 amide bonds. The van der Waals surface area contributed by atoms with Crippen molar-refractivity contribution in [3.8, 4) is 0 Å². The summed E-state index contributed by atoms with van der Waals surface area (Å²) < 4.78 is 10.2. The van der Waals surface area contributed by atoms with Crippen molar-refractivity contribution < 1.29 is 14.3 Å². The SMILES string of the molecule is CC(C)OC(=O)OC(C)(C)C(C)(C)C. The summed E-state index contributed by atoms with van der Waals surface area (Å²) >= 11 is 0. The largest absolute Gasteiger partial charge is 0.509 e. The van der Waals surface area contributed by atoms with E-state index in [1.165, 1.54) is 0 Å². The lowest BCUT2D eigenvalue weighted by molar-refractivity contribution is -0.0785. The van der Waals surface area contributed by atoms with Gasteiger partial charge < -0.3 is 9.47 Å². The highest BCUT2D eigenvalue weighted by Gasteiger charge is 2.37. The van der Waals surface area contributed by atoms with Gasteiger partial charge >= 0.3 is 6.16 Å². The smallest absolute Gasteiger partial charge is 0.432 e. The van der Waals surface area contributed by atoms with Gasteiger partial charge in [-0.1, -0.05) is 20.8 Å². The average Bonchev–Trinajstić information content (AvgIpc) is 1.79. The molecule has 0 aromatic heterocycles. The van der Waals surface area contributed by atoms with Crippen LogP contribution in [0.5, 0.6) is 0 Å². The van der Waals surface area contributed by atoms with Crippen LogP contribution in [0.15, 0.2) is 0 Å². The van der Waals surface area contributed by atoms with Crippen LogP contribution in [0.2, 0.25) is 0 Å². The summed E-state index contributed by atoms with van der Waals surface area (Å²) in [4.78, 5) is 11.3. The van der Waals surface area contributed by atoms with Crippen LogP contribution in [0.3, 0.4) is 0 Å². The predicted molar refractivity (Wildman–Crippen MR) is 56.2 cm³/mol. The number of carbonyl (C=O) groups excluding carboxylic acids is 1. The van der Waals surface area contributed by atoms with E-state index in [2.05, 4.69) is 0 Å². The van der Waals surface area contributed by atoms with Crippen molar-refractivity contribution in [3.63, 3.8) is 0 Å². The fraction of sp³-hybridized carbons (Fsp3) is 0.909. The Hall–Kier alpha value is -0.730. The maximum atomic E-state index is 11.3. The second-order valence-electron chi connectivity index (χ2n) is 5.28. The number of carbonyl (C=O) groups is 1. The molecule has 0 saturated carbocycles. The zero-order chi connectivity index (χ0) is 11.6. The highest BCUT2D eigenvalue weighted by molar-refractivity contribution is 5.60. The molecular weight excluding hydrogens is 180 g/mol. The molecule has 0 radical (unpaired) electrons. The van der Waals surface area contributed by atoms with Crippen LogP contribution >= 0.6 is 0 Å². The highest BCUT2D eigenvalue weighted by atomic mass is 16.7. The van der Waals surface area contributed by atoms with Crippen molar-refractivity contribution in [2.24, 2.45) is 5.41 Å². The molecule has 0 atom stereocenters. The van der Waals surface area contributed by atoms with Crippen molar-refractivity contribution in [1.82, 2.24) is 0 Å². The second kappa shape index (κ2) is 4.20. The van der Waals surface area contributed by atoms with Gasteiger partial charge in [-0.2, -0.15) is 0 Å². The molecule has 0 fully saturated rings. The third kappa shape index (κ3) is 3.99. The molecule has 0 bridgehead atoms. The van der Waals surface area contributed by atoms with Gasteiger partial charge in [0.25, 0.3) is 0 Å². The van der Waals surface area contributed by atoms with Gasteiger partial charge in [-0.15, -0.1) is 0 Å². The minimum absolute atomic E-state index is 0.108. The lowest BCUT2D eigenvalue weighted by Gasteiger charge is -2.37. The summed E-state index contributed by atoms with van der Waals surface area (Å²) in [6.07, 6.45) is -0.738. The maximum absolute atomic E-state index is 11.3. The molecule has 0 heterocycles. The summed E-state index contributed by atoms with van der Waals surface area (Å²) in [5, 5.41) is 0. The Balaban J connectivity index is 4.30. The monoisotopic (exact) mass is 202 g/mol. The summed E-state index contributed by atoms with van der Waals surface area (Å²) in [7, 11) is 0. The standard InChI is InChI=1S/C11H22O3/c1-8(2)13-9(12)14-11(6,7)10(3,4)5/h8H,1-7H3. The summed E-state index contributed by atoms with van der Waals surface area (Å²) in [5.41, 5.74) is -0.637. The Bertz CT molecular complexity index is 199. The summed E-state index contributed by atoms with van der Waals surface area (Å²) in [5.74, 6) is 0. The van der Waals surface area contributed by atoms with Gasteiger partial charge in [0.1, 0.15) is 5.60 Å². The molecule has 84 valence electrons. The van der Waals surface area contributed by atoms with E-state index in [1.54, 1.807) is 13.8 Å². The van der Waals surface area contributed by atoms with Crippen molar-refractivity contribution >= 4 is 6.16 Å². The molecule has 0 N–H and O–H groups in total. The lowest BCUT2D eigenvalue weighted by Crippen LogP contribution is -2.41. The first-order valence-corrected chi connectivity index (χ1v) is 4.96. The zero-order valence-electron chi connectivity index (χ0n) is 10.3.